The average Bonchev–Trinajstić information content (AvgIpc) is 2.81. The fraction of sp³-hybridized carbons (Fsp3) is 0.333. The highest BCUT2D eigenvalue weighted by Gasteiger charge is 2.47. The van der Waals surface area contributed by atoms with Crippen molar-refractivity contribution in [3.05, 3.63) is 102 Å². The lowest BCUT2D eigenvalue weighted by Crippen LogP contribution is -2.60. The first-order valence-corrected chi connectivity index (χ1v) is 11.1. The average molecular weight is 399 g/mol. The minimum absolute atomic E-state index is 0.222. The predicted molar refractivity (Wildman–Crippen MR) is 122 cm³/mol. The summed E-state index contributed by atoms with van der Waals surface area (Å²) in [6.45, 7) is 2.96. The number of piperidine rings is 3. The van der Waals surface area contributed by atoms with Gasteiger partial charge in [-0.05, 0) is 60.7 Å². The largest absolute Gasteiger partial charge is 0.399 e. The minimum atomic E-state index is 0.222. The van der Waals surface area contributed by atoms with Crippen molar-refractivity contribution in [3.63, 3.8) is 0 Å². The Bertz CT molecular complexity index is 911. The first kappa shape index (κ1) is 19.3. The zero-order valence-electron chi connectivity index (χ0n) is 17.4. The summed E-state index contributed by atoms with van der Waals surface area (Å²) in [5, 5.41) is 0. The van der Waals surface area contributed by atoms with Crippen molar-refractivity contribution < 1.29 is 4.74 Å². The summed E-state index contributed by atoms with van der Waals surface area (Å²) in [6, 6.07) is 30.4. The van der Waals surface area contributed by atoms with Crippen molar-refractivity contribution in [1.29, 1.82) is 0 Å². The number of ether oxygens (including phenoxy) is 1. The molecule has 3 fully saturated rings. The molecule has 0 saturated carbocycles. The Labute approximate surface area is 179 Å². The zero-order chi connectivity index (χ0) is 20.3. The number of fused-ring (bicyclic) bond motifs is 3. The van der Waals surface area contributed by atoms with Gasteiger partial charge in [0.15, 0.2) is 0 Å². The van der Waals surface area contributed by atoms with E-state index < -0.39 is 0 Å². The number of nitrogens with two attached hydrogens (primary N) is 1. The molecule has 3 aliphatic heterocycles. The van der Waals surface area contributed by atoms with Gasteiger partial charge in [0.2, 0.25) is 0 Å². The van der Waals surface area contributed by atoms with E-state index in [-0.39, 0.29) is 6.10 Å². The van der Waals surface area contributed by atoms with Crippen LogP contribution in [0.25, 0.3) is 0 Å². The van der Waals surface area contributed by atoms with Crippen LogP contribution in [0.2, 0.25) is 0 Å². The van der Waals surface area contributed by atoms with Gasteiger partial charge < -0.3 is 10.5 Å². The van der Waals surface area contributed by atoms with Crippen LogP contribution in [-0.2, 0) is 11.3 Å². The molecular weight excluding hydrogens is 368 g/mol. The van der Waals surface area contributed by atoms with E-state index in [1.165, 1.54) is 37.1 Å². The molecule has 3 heteroatoms. The van der Waals surface area contributed by atoms with Crippen molar-refractivity contribution >= 4 is 5.69 Å². The van der Waals surface area contributed by atoms with Gasteiger partial charge in [-0.1, -0.05) is 72.8 Å². The van der Waals surface area contributed by atoms with E-state index in [1.807, 2.05) is 18.2 Å². The van der Waals surface area contributed by atoms with Crippen LogP contribution < -0.4 is 5.73 Å². The fourth-order valence-electron chi connectivity index (χ4n) is 5.45. The number of benzene rings is 3. The van der Waals surface area contributed by atoms with Gasteiger partial charge in [-0.2, -0.15) is 0 Å². The molecule has 3 aromatic rings. The van der Waals surface area contributed by atoms with Crippen molar-refractivity contribution in [1.82, 2.24) is 4.90 Å². The van der Waals surface area contributed by atoms with E-state index in [0.29, 0.717) is 24.5 Å². The van der Waals surface area contributed by atoms with Gasteiger partial charge in [-0.25, -0.2) is 0 Å². The van der Waals surface area contributed by atoms with E-state index in [9.17, 15) is 0 Å². The maximum atomic E-state index is 6.70. The normalized spacial score (nSPS) is 25.5. The van der Waals surface area contributed by atoms with E-state index >= 15 is 0 Å². The van der Waals surface area contributed by atoms with E-state index in [0.717, 1.165) is 11.3 Å². The van der Waals surface area contributed by atoms with Gasteiger partial charge >= 0.3 is 0 Å². The lowest BCUT2D eigenvalue weighted by atomic mass is 9.72. The highest BCUT2D eigenvalue weighted by Crippen LogP contribution is 2.43. The lowest BCUT2D eigenvalue weighted by Gasteiger charge is -2.53. The molecule has 3 saturated heterocycles. The third kappa shape index (κ3) is 3.88. The van der Waals surface area contributed by atoms with E-state index in [4.69, 9.17) is 10.5 Å². The smallest absolute Gasteiger partial charge is 0.0773 e. The lowest BCUT2D eigenvalue weighted by molar-refractivity contribution is -0.120. The second kappa shape index (κ2) is 8.63. The van der Waals surface area contributed by atoms with Gasteiger partial charge in [-0.15, -0.1) is 0 Å². The molecular formula is C27H30N2O. The Morgan fingerprint density at radius 3 is 2.07 bits per heavy atom. The quantitative estimate of drug-likeness (QED) is 0.589. The van der Waals surface area contributed by atoms with Crippen LogP contribution in [0.15, 0.2) is 84.9 Å². The van der Waals surface area contributed by atoms with Crippen LogP contribution in [0.3, 0.4) is 0 Å². The van der Waals surface area contributed by atoms with E-state index in [1.54, 1.807) is 0 Å². The number of rotatable bonds is 6. The molecule has 2 bridgehead atoms. The van der Waals surface area contributed by atoms with Gasteiger partial charge in [0.1, 0.15) is 0 Å². The van der Waals surface area contributed by atoms with Gasteiger partial charge in [-0.3, -0.25) is 4.90 Å². The maximum absolute atomic E-state index is 6.70. The van der Waals surface area contributed by atoms with Crippen LogP contribution in [0.1, 0.15) is 35.4 Å². The Kier molecular flexibility index (Phi) is 5.56. The predicted octanol–water partition coefficient (Wildman–Crippen LogP) is 5.08. The summed E-state index contributed by atoms with van der Waals surface area (Å²) in [5.74, 6) is 0.928. The van der Waals surface area contributed by atoms with Crippen LogP contribution >= 0.6 is 0 Å². The summed E-state index contributed by atoms with van der Waals surface area (Å²) < 4.78 is 6.70. The molecule has 6 rings (SSSR count). The third-order valence-corrected chi connectivity index (χ3v) is 6.85. The summed E-state index contributed by atoms with van der Waals surface area (Å²) >= 11 is 0. The third-order valence-electron chi connectivity index (χ3n) is 6.85. The molecule has 3 nitrogen and oxygen atoms in total. The monoisotopic (exact) mass is 398 g/mol. The summed E-state index contributed by atoms with van der Waals surface area (Å²) in [7, 11) is 0. The molecule has 0 aliphatic carbocycles. The molecule has 154 valence electrons. The zero-order valence-corrected chi connectivity index (χ0v) is 17.4. The molecule has 2 unspecified atom stereocenters. The molecule has 2 atom stereocenters. The second-order valence-corrected chi connectivity index (χ2v) is 8.68. The molecule has 0 amide bonds. The minimum Gasteiger partial charge on any atom is -0.399 e. The van der Waals surface area contributed by atoms with Crippen molar-refractivity contribution in [2.75, 3.05) is 18.8 Å². The summed E-state index contributed by atoms with van der Waals surface area (Å²) in [6.07, 6.45) is 2.68. The highest BCUT2D eigenvalue weighted by molar-refractivity contribution is 5.40. The standard InChI is InChI=1S/C27H30N2O/c28-24-13-7-8-20(18-24)19-30-27-23-14-16-29(17-15-23)26(27)25(21-9-3-1-4-10-21)22-11-5-2-6-12-22/h1-13,18,23,25-27H,14-17,19,28H2. The maximum Gasteiger partial charge on any atom is 0.0773 e. The number of anilines is 1. The number of hydrogen-bond donors (Lipinski definition) is 1. The molecule has 3 aromatic carbocycles. The number of nitrogen functional groups attached to an aromatic ring is 1. The summed E-state index contributed by atoms with van der Waals surface area (Å²) in [4.78, 5) is 2.68. The van der Waals surface area contributed by atoms with Gasteiger partial charge in [0.05, 0.1) is 12.7 Å². The highest BCUT2D eigenvalue weighted by atomic mass is 16.5. The second-order valence-electron chi connectivity index (χ2n) is 8.68. The Morgan fingerprint density at radius 2 is 1.47 bits per heavy atom. The van der Waals surface area contributed by atoms with Gasteiger partial charge in [0, 0.05) is 17.6 Å². The van der Waals surface area contributed by atoms with Crippen LogP contribution in [0, 0.1) is 5.92 Å². The topological polar surface area (TPSA) is 38.5 Å². The Balaban J connectivity index is 1.49. The van der Waals surface area contributed by atoms with Crippen LogP contribution in [0.5, 0.6) is 0 Å². The molecule has 0 aromatic heterocycles. The van der Waals surface area contributed by atoms with Gasteiger partial charge in [0.25, 0.3) is 0 Å². The summed E-state index contributed by atoms with van der Waals surface area (Å²) in [5.41, 5.74) is 10.7. The Morgan fingerprint density at radius 1 is 0.833 bits per heavy atom. The fourth-order valence-corrected chi connectivity index (χ4v) is 5.45. The van der Waals surface area contributed by atoms with E-state index in [2.05, 4.69) is 71.6 Å². The SMILES string of the molecule is Nc1cccc(COC2C3CCN(CC3)C2C(c2ccccc2)c2ccccc2)c1. The number of nitrogens with zero attached hydrogens (tertiary/aromatic N) is 1. The van der Waals surface area contributed by atoms with Crippen LogP contribution in [0.4, 0.5) is 5.69 Å². The molecule has 3 aliphatic rings. The molecule has 30 heavy (non-hydrogen) atoms. The molecule has 0 spiro atoms. The first-order chi connectivity index (χ1) is 14.8. The van der Waals surface area contributed by atoms with Crippen LogP contribution in [-0.4, -0.2) is 30.1 Å². The molecule has 3 heterocycles. The van der Waals surface area contributed by atoms with Crippen molar-refractivity contribution in [2.45, 2.75) is 37.5 Å². The number of hydrogen-bond acceptors (Lipinski definition) is 3. The van der Waals surface area contributed by atoms with Crippen molar-refractivity contribution in [3.8, 4) is 0 Å². The molecule has 0 radical (unpaired) electrons. The molecule has 2 N–H and O–H groups in total. The first-order valence-electron chi connectivity index (χ1n) is 11.1. The van der Waals surface area contributed by atoms with Crippen molar-refractivity contribution in [2.24, 2.45) is 5.92 Å². The Hall–Kier alpha value is -2.62.